The van der Waals surface area contributed by atoms with Gasteiger partial charge in [0.2, 0.25) is 5.69 Å². The maximum Gasteiger partial charge on any atom is 0.204 e. The van der Waals surface area contributed by atoms with E-state index in [4.69, 9.17) is 6.57 Å². The summed E-state index contributed by atoms with van der Waals surface area (Å²) in [5.41, 5.74) is 10.3. The van der Waals surface area contributed by atoms with Crippen LogP contribution in [0.2, 0.25) is 0 Å². The van der Waals surface area contributed by atoms with Crippen molar-refractivity contribution in [3.8, 4) is 28.6 Å². The number of para-hydroxylation sites is 2. The number of rotatable bonds is 3. The Morgan fingerprint density at radius 3 is 1.78 bits per heavy atom. The monoisotopic (exact) mass is 640 g/mol. The maximum absolute atomic E-state index is 9.59. The maximum atomic E-state index is 9.59. The lowest BCUT2D eigenvalue weighted by Gasteiger charge is -2.13. The Balaban J connectivity index is 1.16. The second kappa shape index (κ2) is 10.4. The standard InChI is InChI=1S/C44H24N4S/c1-46-38-16-8-15-34-37-24-36-33-14-3-5-18-40(33)48(42(36)25-43(37)49-44(34)38)31-12-7-10-29(23-31)28-9-6-11-30(22-28)47-39-17-4-2-13-32(39)35-21-27(26-45)19-20-41(35)47/h2-25H. The quantitative estimate of drug-likeness (QED) is 0.177. The van der Waals surface area contributed by atoms with Crippen molar-refractivity contribution in [2.24, 2.45) is 0 Å². The molecule has 226 valence electrons. The van der Waals surface area contributed by atoms with E-state index >= 15 is 0 Å². The van der Waals surface area contributed by atoms with Crippen molar-refractivity contribution in [1.29, 1.82) is 5.26 Å². The van der Waals surface area contributed by atoms with Gasteiger partial charge < -0.3 is 9.13 Å². The van der Waals surface area contributed by atoms with E-state index in [-0.39, 0.29) is 0 Å². The van der Waals surface area contributed by atoms with Gasteiger partial charge in [0.05, 0.1) is 40.3 Å². The molecule has 0 unspecified atom stereocenters. The fraction of sp³-hybridized carbons (Fsp3) is 0. The molecule has 0 fully saturated rings. The van der Waals surface area contributed by atoms with Crippen molar-refractivity contribution in [2.45, 2.75) is 0 Å². The van der Waals surface area contributed by atoms with Crippen molar-refractivity contribution in [3.05, 3.63) is 163 Å². The molecule has 0 aliphatic carbocycles. The molecule has 4 nitrogen and oxygen atoms in total. The SMILES string of the molecule is [C-]#[N+]c1cccc2c1sc1cc3c(cc12)c1ccccc1n3-c1cccc(-c2cccc(-n3c4ccccc4c4cc(C#N)ccc43)c2)c1. The molecule has 0 aliphatic heterocycles. The number of benzene rings is 7. The van der Waals surface area contributed by atoms with Crippen molar-refractivity contribution >= 4 is 80.8 Å². The minimum atomic E-state index is 0.659. The Hall–Kier alpha value is -6.66. The molecule has 0 N–H and O–H groups in total. The van der Waals surface area contributed by atoms with Crippen LogP contribution in [0.25, 0.3) is 91.1 Å². The summed E-state index contributed by atoms with van der Waals surface area (Å²) in [5, 5.41) is 16.5. The minimum absolute atomic E-state index is 0.659. The summed E-state index contributed by atoms with van der Waals surface area (Å²) in [7, 11) is 0. The van der Waals surface area contributed by atoms with Gasteiger partial charge in [-0.2, -0.15) is 5.26 Å². The predicted octanol–water partition coefficient (Wildman–Crippen LogP) is 12.3. The van der Waals surface area contributed by atoms with Gasteiger partial charge in [0.15, 0.2) is 0 Å². The van der Waals surface area contributed by atoms with E-state index in [2.05, 4.69) is 141 Å². The van der Waals surface area contributed by atoms with Crippen LogP contribution in [0.15, 0.2) is 146 Å². The second-order valence-electron chi connectivity index (χ2n) is 12.4. The Morgan fingerprint density at radius 1 is 0.510 bits per heavy atom. The molecule has 0 spiro atoms. The van der Waals surface area contributed by atoms with Crippen molar-refractivity contribution in [2.75, 3.05) is 0 Å². The summed E-state index contributed by atoms with van der Waals surface area (Å²) in [6.07, 6.45) is 0. The zero-order valence-corrected chi connectivity index (χ0v) is 26.9. The van der Waals surface area contributed by atoms with Gasteiger partial charge in [-0.05, 0) is 88.6 Å². The topological polar surface area (TPSA) is 38.0 Å². The molecule has 0 saturated heterocycles. The molecular formula is C44H24N4S. The van der Waals surface area contributed by atoms with E-state index < -0.39 is 0 Å². The van der Waals surface area contributed by atoms with Crippen LogP contribution in [0.4, 0.5) is 5.69 Å². The van der Waals surface area contributed by atoms with Gasteiger partial charge >= 0.3 is 0 Å². The zero-order chi connectivity index (χ0) is 32.6. The van der Waals surface area contributed by atoms with E-state index in [1.807, 2.05) is 24.3 Å². The lowest BCUT2D eigenvalue weighted by molar-refractivity contribution is 1.17. The molecule has 0 amide bonds. The average Bonchev–Trinajstić information content (AvgIpc) is 3.81. The van der Waals surface area contributed by atoms with E-state index in [0.717, 1.165) is 65.4 Å². The summed E-state index contributed by atoms with van der Waals surface area (Å²) in [6.45, 7) is 7.71. The normalized spacial score (nSPS) is 11.6. The van der Waals surface area contributed by atoms with E-state index in [1.165, 1.54) is 20.9 Å². The highest BCUT2D eigenvalue weighted by Gasteiger charge is 2.18. The third-order valence-electron chi connectivity index (χ3n) is 9.73. The first kappa shape index (κ1) is 27.5. The van der Waals surface area contributed by atoms with Crippen molar-refractivity contribution in [3.63, 3.8) is 0 Å². The fourth-order valence-electron chi connectivity index (χ4n) is 7.58. The smallest absolute Gasteiger partial charge is 0.204 e. The highest BCUT2D eigenvalue weighted by molar-refractivity contribution is 7.26. The molecule has 0 radical (unpaired) electrons. The summed E-state index contributed by atoms with van der Waals surface area (Å²) >= 11 is 1.70. The molecule has 0 aliphatic rings. The van der Waals surface area contributed by atoms with Crippen LogP contribution in [0.5, 0.6) is 0 Å². The van der Waals surface area contributed by atoms with E-state index in [9.17, 15) is 5.26 Å². The predicted molar refractivity (Wildman–Crippen MR) is 204 cm³/mol. The van der Waals surface area contributed by atoms with Crippen LogP contribution in [0.1, 0.15) is 5.56 Å². The first-order chi connectivity index (χ1) is 24.2. The largest absolute Gasteiger partial charge is 0.309 e. The highest BCUT2D eigenvalue weighted by atomic mass is 32.1. The Labute approximate surface area is 285 Å². The Kier molecular flexibility index (Phi) is 5.84. The van der Waals surface area contributed by atoms with E-state index in [1.54, 1.807) is 11.3 Å². The van der Waals surface area contributed by atoms with Gasteiger partial charge in [-0.1, -0.05) is 78.9 Å². The van der Waals surface area contributed by atoms with Gasteiger partial charge in [-0.25, -0.2) is 4.85 Å². The highest BCUT2D eigenvalue weighted by Crippen LogP contribution is 2.44. The third-order valence-corrected chi connectivity index (χ3v) is 10.9. The number of nitrogens with zero attached hydrogens (tertiary/aromatic N) is 4. The molecule has 0 saturated carbocycles. The van der Waals surface area contributed by atoms with Crippen LogP contribution in [0.3, 0.4) is 0 Å². The number of hydrogen-bond acceptors (Lipinski definition) is 2. The van der Waals surface area contributed by atoms with Gasteiger partial charge in [0.1, 0.15) is 0 Å². The molecule has 0 atom stereocenters. The first-order valence-corrected chi connectivity index (χ1v) is 16.9. The van der Waals surface area contributed by atoms with Crippen molar-refractivity contribution < 1.29 is 0 Å². The van der Waals surface area contributed by atoms with Crippen LogP contribution < -0.4 is 0 Å². The Bertz CT molecular complexity index is 3090. The second-order valence-corrected chi connectivity index (χ2v) is 13.4. The summed E-state index contributed by atoms with van der Waals surface area (Å²) in [4.78, 5) is 3.81. The zero-order valence-electron chi connectivity index (χ0n) is 26.1. The third kappa shape index (κ3) is 4.01. The molecule has 10 aromatic rings. The molecular weight excluding hydrogens is 617 g/mol. The summed E-state index contributed by atoms with van der Waals surface area (Å²) in [5.74, 6) is 0. The summed E-state index contributed by atoms with van der Waals surface area (Å²) in [6, 6.07) is 53.4. The number of thiophene rings is 1. The molecule has 10 rings (SSSR count). The number of hydrogen-bond donors (Lipinski definition) is 0. The lowest BCUT2D eigenvalue weighted by atomic mass is 10.0. The van der Waals surface area contributed by atoms with Crippen molar-refractivity contribution in [1.82, 2.24) is 9.13 Å². The lowest BCUT2D eigenvalue weighted by Crippen LogP contribution is -1.96. The number of fused-ring (bicyclic) bond motifs is 9. The number of aromatic nitrogens is 2. The van der Waals surface area contributed by atoms with Crippen LogP contribution in [0, 0.1) is 17.9 Å². The van der Waals surface area contributed by atoms with E-state index in [0.29, 0.717) is 11.3 Å². The molecule has 49 heavy (non-hydrogen) atoms. The molecule has 7 aromatic carbocycles. The van der Waals surface area contributed by atoms with Crippen LogP contribution in [-0.4, -0.2) is 9.13 Å². The first-order valence-electron chi connectivity index (χ1n) is 16.1. The van der Waals surface area contributed by atoms with Crippen LogP contribution in [-0.2, 0) is 0 Å². The summed E-state index contributed by atoms with van der Waals surface area (Å²) < 4.78 is 6.89. The van der Waals surface area contributed by atoms with Gasteiger partial charge in [0, 0.05) is 42.3 Å². The molecule has 3 heterocycles. The van der Waals surface area contributed by atoms with Gasteiger partial charge in [-0.3, -0.25) is 0 Å². The minimum Gasteiger partial charge on any atom is -0.309 e. The molecule has 3 aromatic heterocycles. The van der Waals surface area contributed by atoms with Crippen LogP contribution >= 0.6 is 11.3 Å². The average molecular weight is 641 g/mol. The van der Waals surface area contributed by atoms with Gasteiger partial charge in [0.25, 0.3) is 0 Å². The Morgan fingerprint density at radius 2 is 1.10 bits per heavy atom. The molecule has 0 bridgehead atoms. The fourth-order valence-corrected chi connectivity index (χ4v) is 8.76. The number of nitriles is 1. The molecule has 5 heteroatoms. The van der Waals surface area contributed by atoms with Gasteiger partial charge in [-0.15, -0.1) is 11.3 Å².